The second-order valence-electron chi connectivity index (χ2n) is 6.55. The van der Waals surface area contributed by atoms with E-state index in [0.717, 1.165) is 18.0 Å². The first kappa shape index (κ1) is 20.2. The first-order chi connectivity index (χ1) is 13.8. The van der Waals surface area contributed by atoms with Crippen molar-refractivity contribution in [2.24, 2.45) is 5.73 Å². The number of nitrogens with zero attached hydrogens (tertiary/aromatic N) is 2. The average Bonchev–Trinajstić information content (AvgIpc) is 2.94. The van der Waals surface area contributed by atoms with Crippen LogP contribution in [0.1, 0.15) is 30.1 Å². The molecule has 0 radical (unpaired) electrons. The lowest BCUT2D eigenvalue weighted by atomic mass is 10.1. The molecule has 3 N–H and O–H groups in total. The van der Waals surface area contributed by atoms with Gasteiger partial charge in [0, 0.05) is 25.6 Å². The second-order valence-corrected chi connectivity index (χ2v) is 6.55. The quantitative estimate of drug-likeness (QED) is 0.635. The van der Waals surface area contributed by atoms with Crippen molar-refractivity contribution < 1.29 is 18.4 Å². The van der Waals surface area contributed by atoms with E-state index in [2.05, 4.69) is 5.32 Å². The maximum atomic E-state index is 13.9. The molecule has 9 heteroatoms. The molecular weight excluding hydrogens is 382 g/mol. The van der Waals surface area contributed by atoms with Crippen LogP contribution in [-0.4, -0.2) is 20.9 Å². The van der Waals surface area contributed by atoms with E-state index in [9.17, 15) is 23.2 Å². The molecule has 7 nitrogen and oxygen atoms in total. The Morgan fingerprint density at radius 2 is 1.66 bits per heavy atom. The SMILES string of the molecule is CCCn1c(=O)n(CCC(=O)Nc2cc(C(N)=O)c(F)cc2F)c2ccccc21. The number of para-hydroxylation sites is 2. The predicted molar refractivity (Wildman–Crippen MR) is 105 cm³/mol. The molecule has 0 aliphatic carbocycles. The smallest absolute Gasteiger partial charge is 0.329 e. The summed E-state index contributed by atoms with van der Waals surface area (Å²) in [5.74, 6) is -3.81. The van der Waals surface area contributed by atoms with Crippen molar-refractivity contribution in [2.45, 2.75) is 32.9 Å². The van der Waals surface area contributed by atoms with Gasteiger partial charge in [0.2, 0.25) is 5.91 Å². The number of amides is 2. The molecule has 3 aromatic rings. The van der Waals surface area contributed by atoms with Crippen LogP contribution in [-0.2, 0) is 17.9 Å². The van der Waals surface area contributed by atoms with Crippen LogP contribution in [0.15, 0.2) is 41.2 Å². The Kier molecular flexibility index (Phi) is 5.76. The molecule has 0 atom stereocenters. The van der Waals surface area contributed by atoms with Gasteiger partial charge in [-0.25, -0.2) is 13.6 Å². The Morgan fingerprint density at radius 3 is 2.24 bits per heavy atom. The van der Waals surface area contributed by atoms with Crippen LogP contribution in [0, 0.1) is 11.6 Å². The minimum Gasteiger partial charge on any atom is -0.366 e. The number of hydrogen-bond acceptors (Lipinski definition) is 3. The zero-order valence-electron chi connectivity index (χ0n) is 15.7. The highest BCUT2D eigenvalue weighted by Crippen LogP contribution is 2.20. The van der Waals surface area contributed by atoms with E-state index in [4.69, 9.17) is 5.73 Å². The molecule has 2 amide bonds. The third kappa shape index (κ3) is 4.03. The van der Waals surface area contributed by atoms with E-state index in [1.165, 1.54) is 4.57 Å². The number of carbonyl (C=O) groups is 2. The topological polar surface area (TPSA) is 99.1 Å². The fourth-order valence-corrected chi connectivity index (χ4v) is 3.19. The number of imidazole rings is 1. The van der Waals surface area contributed by atoms with Gasteiger partial charge >= 0.3 is 5.69 Å². The van der Waals surface area contributed by atoms with E-state index in [1.807, 2.05) is 19.1 Å². The largest absolute Gasteiger partial charge is 0.366 e. The monoisotopic (exact) mass is 402 g/mol. The van der Waals surface area contributed by atoms with E-state index in [0.29, 0.717) is 18.1 Å². The standard InChI is InChI=1S/C20H20F2N4O3/c1-2-8-25-16-5-3-4-6-17(16)26(20(25)29)9-7-18(27)24-15-10-12(19(23)28)13(21)11-14(15)22/h3-6,10-11H,2,7-9H2,1H3,(H2,23,28)(H,24,27). The lowest BCUT2D eigenvalue weighted by Gasteiger charge is -2.09. The zero-order chi connectivity index (χ0) is 21.1. The van der Waals surface area contributed by atoms with E-state index < -0.39 is 29.0 Å². The fraction of sp³-hybridized carbons (Fsp3) is 0.250. The molecule has 0 spiro atoms. The molecular formula is C20H20F2N4O3. The number of benzene rings is 2. The number of anilines is 1. The van der Waals surface area contributed by atoms with Gasteiger partial charge in [0.05, 0.1) is 22.3 Å². The number of nitrogens with two attached hydrogens (primary N) is 1. The van der Waals surface area contributed by atoms with Crippen molar-refractivity contribution in [2.75, 3.05) is 5.32 Å². The Morgan fingerprint density at radius 1 is 1.03 bits per heavy atom. The molecule has 2 aromatic carbocycles. The first-order valence-corrected chi connectivity index (χ1v) is 9.10. The molecule has 0 aliphatic rings. The molecule has 0 unspecified atom stereocenters. The van der Waals surface area contributed by atoms with Crippen molar-refractivity contribution in [3.8, 4) is 0 Å². The summed E-state index contributed by atoms with van der Waals surface area (Å²) in [5, 5.41) is 2.29. The van der Waals surface area contributed by atoms with Gasteiger partial charge in [-0.15, -0.1) is 0 Å². The number of aromatic nitrogens is 2. The fourth-order valence-electron chi connectivity index (χ4n) is 3.19. The van der Waals surface area contributed by atoms with Crippen LogP contribution >= 0.6 is 0 Å². The molecule has 0 bridgehead atoms. The average molecular weight is 402 g/mol. The molecule has 0 fully saturated rings. The molecule has 0 aliphatic heterocycles. The summed E-state index contributed by atoms with van der Waals surface area (Å²) >= 11 is 0. The number of carbonyl (C=O) groups excluding carboxylic acids is 2. The summed E-state index contributed by atoms with van der Waals surface area (Å²) < 4.78 is 30.6. The highest BCUT2D eigenvalue weighted by molar-refractivity contribution is 5.96. The van der Waals surface area contributed by atoms with Gasteiger partial charge in [0.1, 0.15) is 11.6 Å². The number of rotatable bonds is 7. The van der Waals surface area contributed by atoms with Crippen molar-refractivity contribution in [1.82, 2.24) is 9.13 Å². The van der Waals surface area contributed by atoms with E-state index >= 15 is 0 Å². The number of hydrogen-bond donors (Lipinski definition) is 2. The number of fused-ring (bicyclic) bond motifs is 1. The predicted octanol–water partition coefficient (Wildman–Crippen LogP) is 2.62. The van der Waals surface area contributed by atoms with Crippen molar-refractivity contribution in [1.29, 1.82) is 0 Å². The minimum absolute atomic E-state index is 0.0768. The van der Waals surface area contributed by atoms with Crippen LogP contribution in [0.2, 0.25) is 0 Å². The zero-order valence-corrected chi connectivity index (χ0v) is 15.7. The summed E-state index contributed by atoms with van der Waals surface area (Å²) in [6.45, 7) is 2.59. The Bertz CT molecular complexity index is 1150. The maximum absolute atomic E-state index is 13.9. The number of aryl methyl sites for hydroxylation is 2. The van der Waals surface area contributed by atoms with E-state index in [1.54, 1.807) is 16.7 Å². The normalized spacial score (nSPS) is 11.0. The molecule has 152 valence electrons. The third-order valence-corrected chi connectivity index (χ3v) is 4.53. The van der Waals surface area contributed by atoms with Gasteiger partial charge in [-0.1, -0.05) is 19.1 Å². The Labute approximate surface area is 164 Å². The number of nitrogens with one attached hydrogen (secondary N) is 1. The molecule has 3 rings (SSSR count). The highest BCUT2D eigenvalue weighted by Gasteiger charge is 2.17. The summed E-state index contributed by atoms with van der Waals surface area (Å²) in [7, 11) is 0. The lowest BCUT2D eigenvalue weighted by molar-refractivity contribution is -0.116. The van der Waals surface area contributed by atoms with Crippen molar-refractivity contribution in [3.63, 3.8) is 0 Å². The van der Waals surface area contributed by atoms with Crippen LogP contribution < -0.4 is 16.7 Å². The Hall–Kier alpha value is -3.49. The Balaban J connectivity index is 1.80. The van der Waals surface area contributed by atoms with Gasteiger partial charge in [-0.3, -0.25) is 18.7 Å². The summed E-state index contributed by atoms with van der Waals surface area (Å²) in [5.41, 5.74) is 5.40. The molecule has 1 aromatic heterocycles. The third-order valence-electron chi connectivity index (χ3n) is 4.53. The summed E-state index contributed by atoms with van der Waals surface area (Å²) in [6.07, 6.45) is 0.656. The van der Waals surface area contributed by atoms with Crippen LogP contribution in [0.5, 0.6) is 0 Å². The minimum atomic E-state index is -1.11. The number of primary amides is 1. The van der Waals surface area contributed by atoms with Gasteiger partial charge in [0.25, 0.3) is 5.91 Å². The molecule has 1 heterocycles. The molecule has 0 saturated carbocycles. The second kappa shape index (κ2) is 8.26. The van der Waals surface area contributed by atoms with Crippen LogP contribution in [0.4, 0.5) is 14.5 Å². The van der Waals surface area contributed by atoms with Crippen LogP contribution in [0.3, 0.4) is 0 Å². The number of halogens is 2. The lowest BCUT2D eigenvalue weighted by Crippen LogP contribution is -2.26. The maximum Gasteiger partial charge on any atom is 0.329 e. The van der Waals surface area contributed by atoms with Crippen LogP contribution in [0.25, 0.3) is 11.0 Å². The highest BCUT2D eigenvalue weighted by atomic mass is 19.1. The summed E-state index contributed by atoms with van der Waals surface area (Å²) in [4.78, 5) is 36.2. The van der Waals surface area contributed by atoms with Crippen molar-refractivity contribution in [3.05, 3.63) is 64.1 Å². The van der Waals surface area contributed by atoms with E-state index in [-0.39, 0.29) is 24.3 Å². The molecule has 0 saturated heterocycles. The van der Waals surface area contributed by atoms with Gasteiger partial charge in [-0.2, -0.15) is 0 Å². The molecule has 29 heavy (non-hydrogen) atoms. The van der Waals surface area contributed by atoms with Gasteiger partial charge < -0.3 is 11.1 Å². The first-order valence-electron chi connectivity index (χ1n) is 9.10. The van der Waals surface area contributed by atoms with Gasteiger partial charge in [-0.05, 0) is 24.6 Å². The summed E-state index contributed by atoms with van der Waals surface area (Å²) in [6, 6.07) is 8.59. The van der Waals surface area contributed by atoms with Gasteiger partial charge in [0.15, 0.2) is 0 Å². The van der Waals surface area contributed by atoms with Crippen molar-refractivity contribution >= 4 is 28.5 Å².